The second-order valence-electron chi connectivity index (χ2n) is 4.01. The normalized spacial score (nSPS) is 11.7. The van der Waals surface area contributed by atoms with Crippen LogP contribution in [0.3, 0.4) is 0 Å². The largest absolute Gasteiger partial charge is 0.263 e. The zero-order chi connectivity index (χ0) is 14.6. The molecule has 9 heteroatoms. The van der Waals surface area contributed by atoms with Crippen LogP contribution in [0.1, 0.15) is 12.2 Å². The van der Waals surface area contributed by atoms with Crippen LogP contribution in [0.15, 0.2) is 33.9 Å². The van der Waals surface area contributed by atoms with E-state index in [9.17, 15) is 12.8 Å². The molecule has 0 aliphatic heterocycles. The van der Waals surface area contributed by atoms with Gasteiger partial charge in [-0.05, 0) is 40.5 Å². The summed E-state index contributed by atoms with van der Waals surface area (Å²) in [7, 11) is -3.70. The van der Waals surface area contributed by atoms with Crippen molar-refractivity contribution in [2.24, 2.45) is 0 Å². The lowest BCUT2D eigenvalue weighted by atomic mass is 10.3. The molecule has 0 unspecified atom stereocenters. The average molecular weight is 363 g/mol. The molecule has 6 nitrogen and oxygen atoms in total. The van der Waals surface area contributed by atoms with Gasteiger partial charge >= 0.3 is 0 Å². The molecular formula is C11H12BrFN4O2S. The molecule has 1 aromatic heterocycles. The molecule has 2 aromatic rings. The van der Waals surface area contributed by atoms with E-state index in [4.69, 9.17) is 0 Å². The zero-order valence-electron chi connectivity index (χ0n) is 10.3. The highest BCUT2D eigenvalue weighted by atomic mass is 79.9. The molecule has 2 rings (SSSR count). The Labute approximate surface area is 124 Å². The van der Waals surface area contributed by atoms with E-state index >= 15 is 0 Å². The number of aromatic amines is 1. The SMILES string of the molecule is O=S(=O)(NCCCc1ncn[nH]1)c1ccc(Br)c(F)c1. The van der Waals surface area contributed by atoms with Gasteiger partial charge in [-0.2, -0.15) is 5.10 Å². The van der Waals surface area contributed by atoms with Gasteiger partial charge in [0.05, 0.1) is 9.37 Å². The Morgan fingerprint density at radius 3 is 2.85 bits per heavy atom. The van der Waals surface area contributed by atoms with Gasteiger partial charge in [0.1, 0.15) is 18.0 Å². The first-order valence-electron chi connectivity index (χ1n) is 5.78. The van der Waals surface area contributed by atoms with Crippen LogP contribution in [0.5, 0.6) is 0 Å². The van der Waals surface area contributed by atoms with Crippen molar-refractivity contribution in [2.45, 2.75) is 17.7 Å². The van der Waals surface area contributed by atoms with Crippen molar-refractivity contribution in [2.75, 3.05) is 6.54 Å². The number of nitrogens with zero attached hydrogens (tertiary/aromatic N) is 2. The van der Waals surface area contributed by atoms with Crippen LogP contribution < -0.4 is 4.72 Å². The van der Waals surface area contributed by atoms with E-state index < -0.39 is 15.8 Å². The molecule has 0 spiro atoms. The third-order valence-corrected chi connectivity index (χ3v) is 4.65. The first kappa shape index (κ1) is 15.1. The molecule has 0 amide bonds. The first-order valence-corrected chi connectivity index (χ1v) is 8.05. The summed E-state index contributed by atoms with van der Waals surface area (Å²) in [6.45, 7) is 0.237. The molecule has 1 heterocycles. The lowest BCUT2D eigenvalue weighted by Crippen LogP contribution is -2.25. The number of sulfonamides is 1. The van der Waals surface area contributed by atoms with Crippen LogP contribution >= 0.6 is 15.9 Å². The van der Waals surface area contributed by atoms with Crippen molar-refractivity contribution >= 4 is 26.0 Å². The molecule has 0 radical (unpaired) electrons. The highest BCUT2D eigenvalue weighted by Crippen LogP contribution is 2.19. The topological polar surface area (TPSA) is 87.7 Å². The fraction of sp³-hybridized carbons (Fsp3) is 0.273. The maximum absolute atomic E-state index is 13.3. The Balaban J connectivity index is 1.92. The Kier molecular flexibility index (Phi) is 4.84. The van der Waals surface area contributed by atoms with Crippen LogP contribution in [-0.4, -0.2) is 30.1 Å². The van der Waals surface area contributed by atoms with E-state index in [2.05, 4.69) is 35.8 Å². The van der Waals surface area contributed by atoms with E-state index in [1.165, 1.54) is 18.5 Å². The Hall–Kier alpha value is -1.32. The number of hydrogen-bond acceptors (Lipinski definition) is 4. The average Bonchev–Trinajstić information content (AvgIpc) is 2.91. The molecule has 0 fully saturated rings. The van der Waals surface area contributed by atoms with Gasteiger partial charge in [-0.3, -0.25) is 5.10 Å². The molecule has 0 bridgehead atoms. The zero-order valence-corrected chi connectivity index (χ0v) is 12.7. The second-order valence-corrected chi connectivity index (χ2v) is 6.63. The quantitative estimate of drug-likeness (QED) is 0.764. The molecule has 1 aromatic carbocycles. The number of nitrogens with one attached hydrogen (secondary N) is 2. The molecule has 0 atom stereocenters. The summed E-state index contributed by atoms with van der Waals surface area (Å²) in [6, 6.07) is 3.67. The number of benzene rings is 1. The Morgan fingerprint density at radius 1 is 1.40 bits per heavy atom. The van der Waals surface area contributed by atoms with Crippen molar-refractivity contribution in [3.8, 4) is 0 Å². The first-order chi connectivity index (χ1) is 9.49. The van der Waals surface area contributed by atoms with Gasteiger partial charge < -0.3 is 0 Å². The fourth-order valence-corrected chi connectivity index (χ4v) is 2.87. The molecule has 20 heavy (non-hydrogen) atoms. The maximum Gasteiger partial charge on any atom is 0.240 e. The number of aromatic nitrogens is 3. The lowest BCUT2D eigenvalue weighted by molar-refractivity contribution is 0.574. The number of H-pyrrole nitrogens is 1. The van der Waals surface area contributed by atoms with Crippen molar-refractivity contribution in [3.63, 3.8) is 0 Å². The maximum atomic E-state index is 13.3. The van der Waals surface area contributed by atoms with Gasteiger partial charge in [0.15, 0.2) is 0 Å². The smallest absolute Gasteiger partial charge is 0.240 e. The predicted molar refractivity (Wildman–Crippen MR) is 74.0 cm³/mol. The molecule has 0 saturated carbocycles. The predicted octanol–water partition coefficient (Wildman–Crippen LogP) is 1.62. The van der Waals surface area contributed by atoms with Gasteiger partial charge in [-0.15, -0.1) is 0 Å². The van der Waals surface area contributed by atoms with Crippen LogP contribution in [0.4, 0.5) is 4.39 Å². The van der Waals surface area contributed by atoms with Crippen molar-refractivity contribution in [1.82, 2.24) is 19.9 Å². The van der Waals surface area contributed by atoms with Crippen molar-refractivity contribution in [1.29, 1.82) is 0 Å². The summed E-state index contributed by atoms with van der Waals surface area (Å²) < 4.78 is 39.8. The van der Waals surface area contributed by atoms with E-state index in [1.807, 2.05) is 0 Å². The van der Waals surface area contributed by atoms with Crippen LogP contribution in [0, 0.1) is 5.82 Å². The summed E-state index contributed by atoms with van der Waals surface area (Å²) in [5.74, 6) is 0.0772. The number of aryl methyl sites for hydroxylation is 1. The van der Waals surface area contributed by atoms with Crippen molar-refractivity contribution in [3.05, 3.63) is 40.6 Å². The molecule has 0 saturated heterocycles. The minimum atomic E-state index is -3.70. The minimum Gasteiger partial charge on any atom is -0.263 e. The number of hydrogen-bond donors (Lipinski definition) is 2. The summed E-state index contributed by atoms with van der Waals surface area (Å²) in [6.07, 6.45) is 2.54. The summed E-state index contributed by atoms with van der Waals surface area (Å²) >= 11 is 2.98. The summed E-state index contributed by atoms with van der Waals surface area (Å²) in [5, 5.41) is 6.38. The molecular weight excluding hydrogens is 351 g/mol. The van der Waals surface area contributed by atoms with Gasteiger partial charge in [0.25, 0.3) is 0 Å². The van der Waals surface area contributed by atoms with Gasteiger partial charge in [-0.1, -0.05) is 0 Å². The third-order valence-electron chi connectivity index (χ3n) is 2.55. The van der Waals surface area contributed by atoms with Gasteiger partial charge in [0.2, 0.25) is 10.0 Å². The minimum absolute atomic E-state index is 0.0992. The molecule has 0 aliphatic rings. The summed E-state index contributed by atoms with van der Waals surface area (Å²) in [4.78, 5) is 3.83. The van der Waals surface area contributed by atoms with Crippen LogP contribution in [0.2, 0.25) is 0 Å². The third kappa shape index (κ3) is 3.84. The fourth-order valence-electron chi connectivity index (χ4n) is 1.54. The number of rotatable bonds is 6. The lowest BCUT2D eigenvalue weighted by Gasteiger charge is -2.06. The van der Waals surface area contributed by atoms with E-state index in [0.717, 1.165) is 6.07 Å². The molecule has 108 valence electrons. The van der Waals surface area contributed by atoms with E-state index in [0.29, 0.717) is 18.7 Å². The van der Waals surface area contributed by atoms with Crippen LogP contribution in [-0.2, 0) is 16.4 Å². The highest BCUT2D eigenvalue weighted by Gasteiger charge is 2.15. The Morgan fingerprint density at radius 2 is 2.20 bits per heavy atom. The Bertz CT molecular complexity index is 676. The van der Waals surface area contributed by atoms with E-state index in [1.54, 1.807) is 0 Å². The molecule has 2 N–H and O–H groups in total. The number of halogens is 2. The molecule has 0 aliphatic carbocycles. The summed E-state index contributed by atoms with van der Waals surface area (Å²) in [5.41, 5.74) is 0. The monoisotopic (exact) mass is 362 g/mol. The van der Waals surface area contributed by atoms with Gasteiger partial charge in [0, 0.05) is 13.0 Å². The van der Waals surface area contributed by atoms with Gasteiger partial charge in [-0.25, -0.2) is 22.5 Å². The van der Waals surface area contributed by atoms with Crippen LogP contribution in [0.25, 0.3) is 0 Å². The van der Waals surface area contributed by atoms with E-state index in [-0.39, 0.29) is 15.9 Å². The van der Waals surface area contributed by atoms with Crippen molar-refractivity contribution < 1.29 is 12.8 Å². The standard InChI is InChI=1S/C11H12BrFN4O2S/c12-9-4-3-8(6-10(9)13)20(18,19)16-5-1-2-11-14-7-15-17-11/h3-4,6-7,16H,1-2,5H2,(H,14,15,17). The highest BCUT2D eigenvalue weighted by molar-refractivity contribution is 9.10. The second kappa shape index (κ2) is 6.42.